The maximum Gasteiger partial charge on any atom is 0.0443 e. The number of nitrogens with two attached hydrogens (primary N) is 1. The first-order valence-corrected chi connectivity index (χ1v) is 4.83. The van der Waals surface area contributed by atoms with Crippen LogP contribution in [-0.4, -0.2) is 42.3 Å². The van der Waals surface area contributed by atoms with Crippen molar-refractivity contribution in [2.45, 2.75) is 25.8 Å². The first kappa shape index (κ1) is 9.96. The topological polar surface area (TPSA) is 49.5 Å². The van der Waals surface area contributed by atoms with Crippen molar-refractivity contribution >= 4 is 0 Å². The quantitative estimate of drug-likeness (QED) is 0.629. The zero-order chi connectivity index (χ0) is 8.97. The number of hydrogen-bond acceptors (Lipinski definition) is 3. The second-order valence-corrected chi connectivity index (χ2v) is 3.79. The van der Waals surface area contributed by atoms with Gasteiger partial charge in [-0.15, -0.1) is 0 Å². The van der Waals surface area contributed by atoms with E-state index in [9.17, 15) is 0 Å². The largest absolute Gasteiger partial charge is 0.396 e. The molecule has 3 heteroatoms. The van der Waals surface area contributed by atoms with Crippen molar-refractivity contribution in [1.82, 2.24) is 4.90 Å². The molecule has 0 aliphatic carbocycles. The van der Waals surface area contributed by atoms with Crippen LogP contribution in [0.2, 0.25) is 0 Å². The van der Waals surface area contributed by atoms with Crippen LogP contribution < -0.4 is 5.73 Å². The molecule has 1 saturated heterocycles. The molecule has 0 amide bonds. The summed E-state index contributed by atoms with van der Waals surface area (Å²) in [6.07, 6.45) is 2.12. The van der Waals surface area contributed by atoms with Gasteiger partial charge < -0.3 is 15.7 Å². The third-order valence-electron chi connectivity index (χ3n) is 2.68. The van der Waals surface area contributed by atoms with Gasteiger partial charge in [-0.05, 0) is 32.2 Å². The van der Waals surface area contributed by atoms with E-state index >= 15 is 0 Å². The Morgan fingerprint density at radius 2 is 2.42 bits per heavy atom. The summed E-state index contributed by atoms with van der Waals surface area (Å²) in [5, 5.41) is 8.65. The van der Waals surface area contributed by atoms with E-state index in [2.05, 4.69) is 11.8 Å². The molecule has 1 fully saturated rings. The number of rotatable bonds is 4. The zero-order valence-corrected chi connectivity index (χ0v) is 7.87. The highest BCUT2D eigenvalue weighted by Crippen LogP contribution is 2.18. The Kier molecular flexibility index (Phi) is 3.98. The average molecular weight is 172 g/mol. The number of aliphatic hydroxyl groups is 1. The maximum atomic E-state index is 8.65. The minimum Gasteiger partial charge on any atom is -0.396 e. The molecule has 1 aliphatic rings. The lowest BCUT2D eigenvalue weighted by atomic mass is 10.0. The number of aliphatic hydroxyl groups excluding tert-OH is 1. The molecule has 1 rings (SSSR count). The summed E-state index contributed by atoms with van der Waals surface area (Å²) in [6.45, 7) is 5.70. The third kappa shape index (κ3) is 2.73. The Morgan fingerprint density at radius 3 is 2.92 bits per heavy atom. The zero-order valence-electron chi connectivity index (χ0n) is 7.87. The number of hydrogen-bond donors (Lipinski definition) is 2. The van der Waals surface area contributed by atoms with Crippen molar-refractivity contribution in [3.63, 3.8) is 0 Å². The van der Waals surface area contributed by atoms with E-state index in [1.54, 1.807) is 0 Å². The molecule has 0 aromatic heterocycles. The van der Waals surface area contributed by atoms with Crippen LogP contribution >= 0.6 is 0 Å². The van der Waals surface area contributed by atoms with Gasteiger partial charge in [0, 0.05) is 25.7 Å². The molecule has 0 bridgehead atoms. The summed E-state index contributed by atoms with van der Waals surface area (Å²) in [5.41, 5.74) is 5.81. The molecule has 0 spiro atoms. The first-order valence-electron chi connectivity index (χ1n) is 4.83. The van der Waals surface area contributed by atoms with Gasteiger partial charge in [0.05, 0.1) is 0 Å². The van der Waals surface area contributed by atoms with Crippen LogP contribution in [0.15, 0.2) is 0 Å². The lowest BCUT2D eigenvalue weighted by Crippen LogP contribution is -2.30. The minimum atomic E-state index is 0.305. The third-order valence-corrected chi connectivity index (χ3v) is 2.68. The molecule has 3 nitrogen and oxygen atoms in total. The smallest absolute Gasteiger partial charge is 0.0443 e. The molecule has 2 atom stereocenters. The van der Waals surface area contributed by atoms with Crippen LogP contribution in [0.25, 0.3) is 0 Å². The summed E-state index contributed by atoms with van der Waals surface area (Å²) in [4.78, 5) is 2.39. The van der Waals surface area contributed by atoms with Crippen molar-refractivity contribution < 1.29 is 5.11 Å². The van der Waals surface area contributed by atoms with Gasteiger partial charge in [0.15, 0.2) is 0 Å². The van der Waals surface area contributed by atoms with Gasteiger partial charge in [-0.25, -0.2) is 0 Å². The second-order valence-electron chi connectivity index (χ2n) is 3.79. The van der Waals surface area contributed by atoms with Crippen molar-refractivity contribution in [2.24, 2.45) is 11.7 Å². The van der Waals surface area contributed by atoms with Crippen molar-refractivity contribution in [1.29, 1.82) is 0 Å². The molecule has 12 heavy (non-hydrogen) atoms. The average Bonchev–Trinajstić information content (AvgIpc) is 2.48. The van der Waals surface area contributed by atoms with E-state index in [1.807, 2.05) is 0 Å². The summed E-state index contributed by atoms with van der Waals surface area (Å²) in [6, 6.07) is 0.323. The molecule has 3 N–H and O–H groups in total. The Bertz CT molecular complexity index is 128. The summed E-state index contributed by atoms with van der Waals surface area (Å²) < 4.78 is 0. The van der Waals surface area contributed by atoms with Gasteiger partial charge in [0.25, 0.3) is 0 Å². The highest BCUT2D eigenvalue weighted by atomic mass is 16.3. The second kappa shape index (κ2) is 4.80. The lowest BCUT2D eigenvalue weighted by molar-refractivity contribution is 0.242. The van der Waals surface area contributed by atoms with Gasteiger partial charge in [-0.2, -0.15) is 0 Å². The van der Waals surface area contributed by atoms with Crippen molar-refractivity contribution in [2.75, 3.05) is 26.2 Å². The van der Waals surface area contributed by atoms with Gasteiger partial charge >= 0.3 is 0 Å². The predicted octanol–water partition coefficient (Wildman–Crippen LogP) is 0.0379. The Hall–Kier alpha value is -0.120. The van der Waals surface area contributed by atoms with Crippen LogP contribution in [0.5, 0.6) is 0 Å². The number of nitrogens with zero attached hydrogens (tertiary/aromatic N) is 1. The SMILES string of the molecule is CC(N)C1CCN(CCCO)C1. The summed E-state index contributed by atoms with van der Waals surface area (Å²) in [7, 11) is 0. The van der Waals surface area contributed by atoms with Crippen LogP contribution in [0.1, 0.15) is 19.8 Å². The highest BCUT2D eigenvalue weighted by Gasteiger charge is 2.24. The van der Waals surface area contributed by atoms with Crippen molar-refractivity contribution in [3.05, 3.63) is 0 Å². The highest BCUT2D eigenvalue weighted by molar-refractivity contribution is 4.80. The number of likely N-dealkylation sites (tertiary alicyclic amines) is 1. The molecule has 0 aromatic carbocycles. The van der Waals surface area contributed by atoms with Gasteiger partial charge in [-0.1, -0.05) is 0 Å². The summed E-state index contributed by atoms with van der Waals surface area (Å²) >= 11 is 0. The fourth-order valence-corrected chi connectivity index (χ4v) is 1.79. The van der Waals surface area contributed by atoms with E-state index in [0.717, 1.165) is 26.1 Å². The van der Waals surface area contributed by atoms with E-state index in [0.29, 0.717) is 18.6 Å². The fraction of sp³-hybridized carbons (Fsp3) is 1.00. The molecule has 2 unspecified atom stereocenters. The molecular weight excluding hydrogens is 152 g/mol. The van der Waals surface area contributed by atoms with Crippen LogP contribution in [-0.2, 0) is 0 Å². The van der Waals surface area contributed by atoms with Gasteiger partial charge in [0.2, 0.25) is 0 Å². The van der Waals surface area contributed by atoms with E-state index in [1.165, 1.54) is 6.42 Å². The Labute approximate surface area is 74.5 Å². The van der Waals surface area contributed by atoms with E-state index in [-0.39, 0.29) is 0 Å². The van der Waals surface area contributed by atoms with Gasteiger partial charge in [0.1, 0.15) is 0 Å². The molecule has 0 saturated carbocycles. The Balaban J connectivity index is 2.17. The van der Waals surface area contributed by atoms with Crippen LogP contribution in [0, 0.1) is 5.92 Å². The molecule has 1 aliphatic heterocycles. The predicted molar refractivity (Wildman–Crippen MR) is 49.9 cm³/mol. The monoisotopic (exact) mass is 172 g/mol. The van der Waals surface area contributed by atoms with Crippen LogP contribution in [0.3, 0.4) is 0 Å². The first-order chi connectivity index (χ1) is 5.74. The van der Waals surface area contributed by atoms with E-state index in [4.69, 9.17) is 10.8 Å². The molecular formula is C9H20N2O. The molecule has 0 radical (unpaired) electrons. The Morgan fingerprint density at radius 1 is 1.67 bits per heavy atom. The molecule has 72 valence electrons. The summed E-state index contributed by atoms with van der Waals surface area (Å²) in [5.74, 6) is 0.670. The standard InChI is InChI=1S/C9H20N2O/c1-8(10)9-3-5-11(7-9)4-2-6-12/h8-9,12H,2-7,10H2,1H3. The normalized spacial score (nSPS) is 27.8. The van der Waals surface area contributed by atoms with E-state index < -0.39 is 0 Å². The van der Waals surface area contributed by atoms with Crippen molar-refractivity contribution in [3.8, 4) is 0 Å². The van der Waals surface area contributed by atoms with Gasteiger partial charge in [-0.3, -0.25) is 0 Å². The molecule has 0 aromatic rings. The maximum absolute atomic E-state index is 8.65. The minimum absolute atomic E-state index is 0.305. The van der Waals surface area contributed by atoms with Crippen LogP contribution in [0.4, 0.5) is 0 Å². The fourth-order valence-electron chi connectivity index (χ4n) is 1.79. The molecule has 1 heterocycles. The lowest BCUT2D eigenvalue weighted by Gasteiger charge is -2.16.